The predicted octanol–water partition coefficient (Wildman–Crippen LogP) is 1.95. The van der Waals surface area contributed by atoms with Gasteiger partial charge in [0.25, 0.3) is 5.92 Å². The summed E-state index contributed by atoms with van der Waals surface area (Å²) in [6, 6.07) is -0.212. The van der Waals surface area contributed by atoms with E-state index in [2.05, 4.69) is 5.32 Å². The zero-order chi connectivity index (χ0) is 16.2. The van der Waals surface area contributed by atoms with Gasteiger partial charge in [0.05, 0.1) is 11.5 Å². The highest BCUT2D eigenvalue weighted by molar-refractivity contribution is 5.86. The van der Waals surface area contributed by atoms with Crippen LogP contribution in [-0.4, -0.2) is 41.2 Å². The summed E-state index contributed by atoms with van der Waals surface area (Å²) in [5.41, 5.74) is -2.04. The first-order valence-corrected chi connectivity index (χ1v) is 7.73. The number of carbonyl (C=O) groups excluding carboxylic acids is 1. The van der Waals surface area contributed by atoms with Gasteiger partial charge in [-0.25, -0.2) is 8.78 Å². The van der Waals surface area contributed by atoms with Crippen LogP contribution in [0, 0.1) is 11.3 Å². The molecule has 1 saturated heterocycles. The van der Waals surface area contributed by atoms with E-state index in [1.165, 1.54) is 0 Å². The molecule has 3 rings (SSSR count). The van der Waals surface area contributed by atoms with Gasteiger partial charge in [0.2, 0.25) is 5.91 Å². The molecule has 3 fully saturated rings. The minimum atomic E-state index is -3.01. The van der Waals surface area contributed by atoms with Crippen LogP contribution in [0.4, 0.5) is 8.78 Å². The van der Waals surface area contributed by atoms with Gasteiger partial charge in [-0.1, -0.05) is 0 Å². The molecule has 1 heterocycles. The SMILES string of the molecule is CC(F)(F)C1(C(=O)NC2CCOC3(C2)CC(C(=O)O)C3)CC1. The number of carbonyl (C=O) groups is 2. The maximum absolute atomic E-state index is 13.6. The monoisotopic (exact) mass is 317 g/mol. The third-order valence-corrected chi connectivity index (χ3v) is 5.44. The van der Waals surface area contributed by atoms with Crippen LogP contribution < -0.4 is 5.32 Å². The highest BCUT2D eigenvalue weighted by Crippen LogP contribution is 2.57. The molecule has 5 nitrogen and oxygen atoms in total. The molecule has 1 amide bonds. The first-order valence-electron chi connectivity index (χ1n) is 7.73. The second-order valence-electron chi connectivity index (χ2n) is 7.11. The number of carboxylic acids is 1. The number of hydrogen-bond donors (Lipinski definition) is 2. The van der Waals surface area contributed by atoms with Gasteiger partial charge in [0.15, 0.2) is 0 Å². The number of nitrogens with one attached hydrogen (secondary N) is 1. The molecule has 1 spiro atoms. The minimum absolute atomic E-state index is 0.212. The maximum Gasteiger partial charge on any atom is 0.306 e. The Hall–Kier alpha value is -1.24. The lowest BCUT2D eigenvalue weighted by Crippen LogP contribution is -2.57. The average Bonchev–Trinajstić information content (AvgIpc) is 3.16. The second kappa shape index (κ2) is 4.88. The fourth-order valence-corrected chi connectivity index (χ4v) is 3.76. The summed E-state index contributed by atoms with van der Waals surface area (Å²) in [4.78, 5) is 23.1. The highest BCUT2D eigenvalue weighted by atomic mass is 19.3. The van der Waals surface area contributed by atoms with Crippen LogP contribution in [0.2, 0.25) is 0 Å². The molecular weight excluding hydrogens is 296 g/mol. The van der Waals surface area contributed by atoms with Crippen LogP contribution in [0.15, 0.2) is 0 Å². The number of ether oxygens (including phenoxy) is 1. The lowest BCUT2D eigenvalue weighted by molar-refractivity contribution is -0.183. The first-order chi connectivity index (χ1) is 10.2. The molecule has 22 heavy (non-hydrogen) atoms. The van der Waals surface area contributed by atoms with Crippen LogP contribution in [0.3, 0.4) is 0 Å². The molecule has 1 unspecified atom stereocenters. The Morgan fingerprint density at radius 2 is 1.91 bits per heavy atom. The number of alkyl halides is 2. The van der Waals surface area contributed by atoms with Crippen LogP contribution in [0.5, 0.6) is 0 Å². The Labute approximate surface area is 127 Å². The van der Waals surface area contributed by atoms with E-state index in [0.29, 0.717) is 32.3 Å². The normalized spacial score (nSPS) is 36.5. The number of aliphatic carboxylic acids is 1. The largest absolute Gasteiger partial charge is 0.481 e. The summed E-state index contributed by atoms with van der Waals surface area (Å²) in [5.74, 6) is -4.81. The molecule has 3 aliphatic rings. The lowest BCUT2D eigenvalue weighted by Gasteiger charge is -2.50. The Morgan fingerprint density at radius 1 is 1.27 bits per heavy atom. The molecule has 2 N–H and O–H groups in total. The van der Waals surface area contributed by atoms with Crippen molar-refractivity contribution in [2.24, 2.45) is 11.3 Å². The number of halogens is 2. The van der Waals surface area contributed by atoms with E-state index in [0.717, 1.165) is 6.92 Å². The van der Waals surface area contributed by atoms with E-state index in [1.54, 1.807) is 0 Å². The van der Waals surface area contributed by atoms with Crippen molar-refractivity contribution in [3.8, 4) is 0 Å². The molecule has 0 aromatic carbocycles. The molecule has 0 bridgehead atoms. The molecule has 2 saturated carbocycles. The molecule has 7 heteroatoms. The van der Waals surface area contributed by atoms with Crippen molar-refractivity contribution >= 4 is 11.9 Å². The zero-order valence-electron chi connectivity index (χ0n) is 12.5. The van der Waals surface area contributed by atoms with Crippen molar-refractivity contribution in [3.63, 3.8) is 0 Å². The van der Waals surface area contributed by atoms with E-state index in [-0.39, 0.29) is 18.9 Å². The van der Waals surface area contributed by atoms with Gasteiger partial charge < -0.3 is 15.2 Å². The van der Waals surface area contributed by atoms with Gasteiger partial charge in [-0.2, -0.15) is 0 Å². The third kappa shape index (κ3) is 2.49. The first kappa shape index (κ1) is 15.6. The van der Waals surface area contributed by atoms with Gasteiger partial charge >= 0.3 is 5.97 Å². The predicted molar refractivity (Wildman–Crippen MR) is 72.5 cm³/mol. The molecule has 1 atom stereocenters. The average molecular weight is 317 g/mol. The summed E-state index contributed by atoms with van der Waals surface area (Å²) in [5, 5.41) is 11.7. The van der Waals surface area contributed by atoms with E-state index >= 15 is 0 Å². The molecule has 0 aromatic rings. The fourth-order valence-electron chi connectivity index (χ4n) is 3.76. The smallest absolute Gasteiger partial charge is 0.306 e. The molecule has 0 radical (unpaired) electrons. The van der Waals surface area contributed by atoms with Crippen molar-refractivity contribution in [2.45, 2.75) is 63.0 Å². The van der Waals surface area contributed by atoms with Crippen molar-refractivity contribution < 1.29 is 28.2 Å². The number of carboxylic acid groups (broad SMARTS) is 1. The summed E-state index contributed by atoms with van der Waals surface area (Å²) < 4.78 is 32.9. The number of rotatable bonds is 4. The molecule has 0 aromatic heterocycles. The molecule has 1 aliphatic heterocycles. The topological polar surface area (TPSA) is 75.6 Å². The van der Waals surface area contributed by atoms with Gasteiger partial charge in [-0.3, -0.25) is 9.59 Å². The second-order valence-corrected chi connectivity index (χ2v) is 7.11. The minimum Gasteiger partial charge on any atom is -0.481 e. The Bertz CT molecular complexity index is 492. The van der Waals surface area contributed by atoms with Crippen molar-refractivity contribution in [3.05, 3.63) is 0 Å². The van der Waals surface area contributed by atoms with E-state index < -0.39 is 34.7 Å². The van der Waals surface area contributed by atoms with Crippen molar-refractivity contribution in [1.82, 2.24) is 5.32 Å². The Morgan fingerprint density at radius 3 is 2.41 bits per heavy atom. The summed E-state index contributed by atoms with van der Waals surface area (Å²) in [6.07, 6.45) is 2.40. The molecule has 2 aliphatic carbocycles. The van der Waals surface area contributed by atoms with Crippen LogP contribution in [-0.2, 0) is 14.3 Å². The summed E-state index contributed by atoms with van der Waals surface area (Å²) in [7, 11) is 0. The van der Waals surface area contributed by atoms with Crippen LogP contribution in [0.25, 0.3) is 0 Å². The highest BCUT2D eigenvalue weighted by Gasteiger charge is 2.65. The fraction of sp³-hybridized carbons (Fsp3) is 0.867. The van der Waals surface area contributed by atoms with Crippen LogP contribution in [0.1, 0.15) is 45.4 Å². The lowest BCUT2D eigenvalue weighted by atomic mass is 9.66. The Balaban J connectivity index is 1.58. The summed E-state index contributed by atoms with van der Waals surface area (Å²) in [6.45, 7) is 1.22. The Kier molecular flexibility index (Phi) is 3.47. The number of amides is 1. The molecular formula is C15H21F2NO4. The van der Waals surface area contributed by atoms with E-state index in [9.17, 15) is 18.4 Å². The van der Waals surface area contributed by atoms with Crippen molar-refractivity contribution in [1.29, 1.82) is 0 Å². The van der Waals surface area contributed by atoms with Crippen molar-refractivity contribution in [2.75, 3.05) is 6.61 Å². The summed E-state index contributed by atoms with van der Waals surface area (Å²) >= 11 is 0. The third-order valence-electron chi connectivity index (χ3n) is 5.44. The van der Waals surface area contributed by atoms with E-state index in [4.69, 9.17) is 9.84 Å². The standard InChI is InChI=1S/C15H21F2NO4/c1-13(16,17)15(3-4-15)12(21)18-10-2-5-22-14(8-10)6-9(7-14)11(19)20/h9-10H,2-8H2,1H3,(H,18,21)(H,19,20). The van der Waals surface area contributed by atoms with Crippen LogP contribution >= 0.6 is 0 Å². The quantitative estimate of drug-likeness (QED) is 0.831. The van der Waals surface area contributed by atoms with Gasteiger partial charge in [-0.15, -0.1) is 0 Å². The van der Waals surface area contributed by atoms with Gasteiger partial charge in [-0.05, 0) is 38.5 Å². The zero-order valence-corrected chi connectivity index (χ0v) is 12.5. The van der Waals surface area contributed by atoms with E-state index in [1.807, 2.05) is 0 Å². The molecule has 124 valence electrons. The van der Waals surface area contributed by atoms with Gasteiger partial charge in [0, 0.05) is 19.6 Å². The maximum atomic E-state index is 13.6. The number of hydrogen-bond acceptors (Lipinski definition) is 3. The van der Waals surface area contributed by atoms with Gasteiger partial charge in [0.1, 0.15) is 5.41 Å².